The Morgan fingerprint density at radius 1 is 0.786 bits per heavy atom. The second-order valence-corrected chi connectivity index (χ2v) is 7.12. The summed E-state index contributed by atoms with van der Waals surface area (Å²) in [6, 6.07) is 26.0. The van der Waals surface area contributed by atoms with Gasteiger partial charge in [0.25, 0.3) is 0 Å². The number of hydrogen-bond acceptors (Lipinski definition) is 1. The molecule has 0 amide bonds. The zero-order valence-electron chi connectivity index (χ0n) is 17.0. The first kappa shape index (κ1) is 20.1. The van der Waals surface area contributed by atoms with Crippen LogP contribution in [-0.4, -0.2) is 6.61 Å². The summed E-state index contributed by atoms with van der Waals surface area (Å²) in [4.78, 5) is 0. The zero-order valence-corrected chi connectivity index (χ0v) is 17.0. The summed E-state index contributed by atoms with van der Waals surface area (Å²) in [5.41, 5.74) is 7.46. The molecule has 144 valence electrons. The van der Waals surface area contributed by atoms with E-state index in [2.05, 4.69) is 98.8 Å². The highest BCUT2D eigenvalue weighted by atomic mass is 16.5. The van der Waals surface area contributed by atoms with Crippen molar-refractivity contribution in [2.45, 2.75) is 39.7 Å². The molecular formula is C27H30O. The molecule has 0 saturated heterocycles. The monoisotopic (exact) mass is 370 g/mol. The first-order valence-electron chi connectivity index (χ1n) is 10.3. The molecule has 3 aromatic rings. The van der Waals surface area contributed by atoms with Gasteiger partial charge in [0.1, 0.15) is 0 Å². The Morgan fingerprint density at radius 2 is 1.50 bits per heavy atom. The fourth-order valence-corrected chi connectivity index (χ4v) is 3.40. The summed E-state index contributed by atoms with van der Waals surface area (Å²) in [7, 11) is 0. The van der Waals surface area contributed by atoms with Gasteiger partial charge >= 0.3 is 0 Å². The van der Waals surface area contributed by atoms with Crippen LogP contribution in [0.15, 0.2) is 78.9 Å². The summed E-state index contributed by atoms with van der Waals surface area (Å²) in [5, 5.41) is 0. The highest BCUT2D eigenvalue weighted by molar-refractivity contribution is 5.77. The quantitative estimate of drug-likeness (QED) is 0.350. The smallest absolute Gasteiger partial charge is 0.0717 e. The lowest BCUT2D eigenvalue weighted by Crippen LogP contribution is -1.96. The molecule has 3 rings (SSSR count). The van der Waals surface area contributed by atoms with Crippen molar-refractivity contribution in [2.75, 3.05) is 6.61 Å². The van der Waals surface area contributed by atoms with E-state index in [-0.39, 0.29) is 0 Å². The van der Waals surface area contributed by atoms with Gasteiger partial charge in [-0.2, -0.15) is 0 Å². The average molecular weight is 371 g/mol. The topological polar surface area (TPSA) is 9.23 Å². The van der Waals surface area contributed by atoms with E-state index >= 15 is 0 Å². The van der Waals surface area contributed by atoms with Crippen LogP contribution < -0.4 is 0 Å². The van der Waals surface area contributed by atoms with Crippen LogP contribution in [0.4, 0.5) is 0 Å². The molecule has 0 unspecified atom stereocenters. The standard InChI is InChI=1S/C27H30O/c1-3-5-9-19-28-21-22-13-18-27(26(20-22)10-4-2)25-16-14-24(15-17-25)23-11-7-6-8-12-23/h4,6-8,10-18,20H,3,5,9,19,21H2,1-2H3/b10-4+. The third-order valence-corrected chi connectivity index (χ3v) is 4.93. The van der Waals surface area contributed by atoms with Gasteiger partial charge in [0.15, 0.2) is 0 Å². The number of allylic oxidation sites excluding steroid dienone is 1. The van der Waals surface area contributed by atoms with E-state index in [1.54, 1.807) is 0 Å². The van der Waals surface area contributed by atoms with E-state index in [0.717, 1.165) is 13.0 Å². The van der Waals surface area contributed by atoms with Gasteiger partial charge in [-0.1, -0.05) is 98.6 Å². The largest absolute Gasteiger partial charge is 0.377 e. The highest BCUT2D eigenvalue weighted by Gasteiger charge is 2.06. The zero-order chi connectivity index (χ0) is 19.6. The maximum Gasteiger partial charge on any atom is 0.0717 e. The normalized spacial score (nSPS) is 11.2. The molecule has 0 N–H and O–H groups in total. The van der Waals surface area contributed by atoms with Gasteiger partial charge in [-0.05, 0) is 52.8 Å². The van der Waals surface area contributed by atoms with Crippen molar-refractivity contribution in [1.29, 1.82) is 0 Å². The predicted octanol–water partition coefficient (Wildman–Crippen LogP) is 7.76. The van der Waals surface area contributed by atoms with Crippen molar-refractivity contribution < 1.29 is 4.74 Å². The molecule has 0 bridgehead atoms. The van der Waals surface area contributed by atoms with E-state index < -0.39 is 0 Å². The van der Waals surface area contributed by atoms with Gasteiger partial charge in [0, 0.05) is 6.61 Å². The minimum Gasteiger partial charge on any atom is -0.377 e. The van der Waals surface area contributed by atoms with Crippen LogP contribution in [0.25, 0.3) is 28.3 Å². The van der Waals surface area contributed by atoms with Crippen LogP contribution in [0.2, 0.25) is 0 Å². The molecule has 0 radical (unpaired) electrons. The van der Waals surface area contributed by atoms with Crippen molar-refractivity contribution in [3.05, 3.63) is 90.0 Å². The summed E-state index contributed by atoms with van der Waals surface area (Å²) in [6.45, 7) is 5.81. The molecule has 0 spiro atoms. The van der Waals surface area contributed by atoms with Crippen LogP contribution in [-0.2, 0) is 11.3 Å². The van der Waals surface area contributed by atoms with Gasteiger partial charge in [0.2, 0.25) is 0 Å². The highest BCUT2D eigenvalue weighted by Crippen LogP contribution is 2.29. The van der Waals surface area contributed by atoms with Crippen LogP contribution >= 0.6 is 0 Å². The minimum absolute atomic E-state index is 0.682. The molecule has 0 fully saturated rings. The van der Waals surface area contributed by atoms with E-state index in [4.69, 9.17) is 4.74 Å². The summed E-state index contributed by atoms with van der Waals surface area (Å²) < 4.78 is 5.84. The third kappa shape index (κ3) is 5.43. The molecule has 1 nitrogen and oxygen atoms in total. The van der Waals surface area contributed by atoms with Crippen LogP contribution in [0.1, 0.15) is 44.2 Å². The van der Waals surface area contributed by atoms with Crippen molar-refractivity contribution >= 4 is 6.08 Å². The lowest BCUT2D eigenvalue weighted by Gasteiger charge is -2.11. The van der Waals surface area contributed by atoms with Crippen LogP contribution in [0, 0.1) is 0 Å². The van der Waals surface area contributed by atoms with Gasteiger partial charge in [-0.3, -0.25) is 0 Å². The van der Waals surface area contributed by atoms with Gasteiger partial charge < -0.3 is 4.74 Å². The number of rotatable bonds is 9. The molecule has 1 heteroatoms. The maximum atomic E-state index is 5.84. The van der Waals surface area contributed by atoms with Crippen LogP contribution in [0.3, 0.4) is 0 Å². The Morgan fingerprint density at radius 3 is 2.21 bits per heavy atom. The molecule has 0 atom stereocenters. The Hall–Kier alpha value is -2.64. The van der Waals surface area contributed by atoms with E-state index in [0.29, 0.717) is 6.61 Å². The van der Waals surface area contributed by atoms with Crippen LogP contribution in [0.5, 0.6) is 0 Å². The average Bonchev–Trinajstić information content (AvgIpc) is 2.75. The molecule has 0 aliphatic rings. The van der Waals surface area contributed by atoms with Crippen molar-refractivity contribution in [3.63, 3.8) is 0 Å². The van der Waals surface area contributed by atoms with Gasteiger partial charge in [0.05, 0.1) is 6.61 Å². The number of unbranched alkanes of at least 4 members (excludes halogenated alkanes) is 2. The van der Waals surface area contributed by atoms with Gasteiger partial charge in [-0.15, -0.1) is 0 Å². The fourth-order valence-electron chi connectivity index (χ4n) is 3.40. The van der Waals surface area contributed by atoms with Crippen molar-refractivity contribution in [3.8, 4) is 22.3 Å². The summed E-state index contributed by atoms with van der Waals surface area (Å²) in [6.07, 6.45) is 7.89. The SMILES string of the molecule is C/C=C/c1cc(COCCCCC)ccc1-c1ccc(-c2ccccc2)cc1. The first-order valence-corrected chi connectivity index (χ1v) is 10.3. The van der Waals surface area contributed by atoms with E-state index in [1.807, 2.05) is 0 Å². The van der Waals surface area contributed by atoms with E-state index in [9.17, 15) is 0 Å². The Bertz CT molecular complexity index is 876. The second-order valence-electron chi connectivity index (χ2n) is 7.12. The molecule has 0 saturated carbocycles. The van der Waals surface area contributed by atoms with Crippen molar-refractivity contribution in [2.24, 2.45) is 0 Å². The molecule has 28 heavy (non-hydrogen) atoms. The van der Waals surface area contributed by atoms with E-state index in [1.165, 1.54) is 46.2 Å². The molecule has 3 aromatic carbocycles. The second kappa shape index (κ2) is 10.6. The number of hydrogen-bond donors (Lipinski definition) is 0. The summed E-state index contributed by atoms with van der Waals surface area (Å²) in [5.74, 6) is 0. The Labute approximate surface area is 169 Å². The lowest BCUT2D eigenvalue weighted by atomic mass is 9.95. The number of ether oxygens (including phenoxy) is 1. The van der Waals surface area contributed by atoms with Crippen molar-refractivity contribution in [1.82, 2.24) is 0 Å². The molecule has 0 aliphatic carbocycles. The molecule has 0 aliphatic heterocycles. The minimum atomic E-state index is 0.682. The fraction of sp³-hybridized carbons (Fsp3) is 0.259. The number of benzene rings is 3. The lowest BCUT2D eigenvalue weighted by molar-refractivity contribution is 0.117. The summed E-state index contributed by atoms with van der Waals surface area (Å²) >= 11 is 0. The molecular weight excluding hydrogens is 340 g/mol. The van der Waals surface area contributed by atoms with Gasteiger partial charge in [-0.25, -0.2) is 0 Å². The Balaban J connectivity index is 1.77. The first-order chi connectivity index (χ1) is 13.8. The third-order valence-electron chi connectivity index (χ3n) is 4.93. The predicted molar refractivity (Wildman–Crippen MR) is 121 cm³/mol. The maximum absolute atomic E-state index is 5.84. The Kier molecular flexibility index (Phi) is 7.63. The molecule has 0 heterocycles. The molecule has 0 aromatic heterocycles.